The third-order valence-electron chi connectivity index (χ3n) is 2.37. The molecule has 0 saturated carbocycles. The number of hydrogen-bond acceptors (Lipinski definition) is 4. The van der Waals surface area contributed by atoms with E-state index in [1.807, 2.05) is 19.2 Å². The van der Waals surface area contributed by atoms with Crippen molar-refractivity contribution in [3.63, 3.8) is 0 Å². The van der Waals surface area contributed by atoms with Crippen LogP contribution in [0.15, 0.2) is 11.6 Å². The highest BCUT2D eigenvalue weighted by molar-refractivity contribution is 7.12. The van der Waals surface area contributed by atoms with Crippen LogP contribution in [0.5, 0.6) is 0 Å². The fourth-order valence-corrected chi connectivity index (χ4v) is 2.23. The molecule has 6 heteroatoms. The first-order valence-electron chi connectivity index (χ1n) is 4.76. The Labute approximate surface area is 96.4 Å². The molecule has 0 saturated heterocycles. The van der Waals surface area contributed by atoms with Gasteiger partial charge in [-0.05, 0) is 13.8 Å². The molecule has 5 nitrogen and oxygen atoms in total. The standard InChI is InChI=1S/C10H11N3O2S/c1-6-8(5-9(14)15)7(2)13(12-6)10-11-3-4-16-10/h3-4H,5H2,1-2H3,(H,14,15). The number of thiazole rings is 1. The zero-order valence-electron chi connectivity index (χ0n) is 8.97. The van der Waals surface area contributed by atoms with Crippen LogP contribution < -0.4 is 0 Å². The van der Waals surface area contributed by atoms with Crippen molar-refractivity contribution in [3.8, 4) is 5.13 Å². The minimum Gasteiger partial charge on any atom is -0.481 e. The molecule has 1 N–H and O–H groups in total. The van der Waals surface area contributed by atoms with Crippen LogP contribution >= 0.6 is 11.3 Å². The van der Waals surface area contributed by atoms with Crippen molar-refractivity contribution in [1.82, 2.24) is 14.8 Å². The third kappa shape index (κ3) is 1.83. The lowest BCUT2D eigenvalue weighted by Gasteiger charge is -1.99. The minimum atomic E-state index is -0.843. The fraction of sp³-hybridized carbons (Fsp3) is 0.300. The molecule has 0 atom stereocenters. The molecule has 0 aliphatic carbocycles. The van der Waals surface area contributed by atoms with Crippen molar-refractivity contribution in [1.29, 1.82) is 0 Å². The molecule has 0 fully saturated rings. The van der Waals surface area contributed by atoms with Gasteiger partial charge in [0, 0.05) is 22.8 Å². The molecule has 2 aromatic rings. The summed E-state index contributed by atoms with van der Waals surface area (Å²) in [5.74, 6) is -0.843. The van der Waals surface area contributed by atoms with Crippen LogP contribution in [0.3, 0.4) is 0 Å². The lowest BCUT2D eigenvalue weighted by molar-refractivity contribution is -0.136. The van der Waals surface area contributed by atoms with Crippen molar-refractivity contribution in [2.75, 3.05) is 0 Å². The number of aliphatic carboxylic acids is 1. The number of rotatable bonds is 3. The second-order valence-corrected chi connectivity index (χ2v) is 4.32. The zero-order valence-corrected chi connectivity index (χ0v) is 9.78. The Morgan fingerprint density at radius 2 is 2.31 bits per heavy atom. The van der Waals surface area contributed by atoms with Gasteiger partial charge in [-0.15, -0.1) is 11.3 Å². The molecule has 16 heavy (non-hydrogen) atoms. The van der Waals surface area contributed by atoms with Crippen molar-refractivity contribution in [3.05, 3.63) is 28.5 Å². The number of hydrogen-bond donors (Lipinski definition) is 1. The van der Waals surface area contributed by atoms with Gasteiger partial charge in [0.05, 0.1) is 12.1 Å². The van der Waals surface area contributed by atoms with Gasteiger partial charge in [-0.3, -0.25) is 4.79 Å². The summed E-state index contributed by atoms with van der Waals surface area (Å²) in [5.41, 5.74) is 2.35. The number of carbonyl (C=O) groups is 1. The maximum absolute atomic E-state index is 10.7. The van der Waals surface area contributed by atoms with Crippen LogP contribution in [0, 0.1) is 13.8 Å². The minimum absolute atomic E-state index is 0.00302. The van der Waals surface area contributed by atoms with Crippen LogP contribution in [-0.4, -0.2) is 25.8 Å². The van der Waals surface area contributed by atoms with E-state index in [9.17, 15) is 4.79 Å². The van der Waals surface area contributed by atoms with E-state index < -0.39 is 5.97 Å². The van der Waals surface area contributed by atoms with Crippen LogP contribution in [0.25, 0.3) is 5.13 Å². The van der Waals surface area contributed by atoms with E-state index in [0.717, 1.165) is 22.1 Å². The molecular formula is C10H11N3O2S. The van der Waals surface area contributed by atoms with Crippen LogP contribution in [0.1, 0.15) is 17.0 Å². The summed E-state index contributed by atoms with van der Waals surface area (Å²) in [6, 6.07) is 0. The van der Waals surface area contributed by atoms with Crippen LogP contribution in [-0.2, 0) is 11.2 Å². The van der Waals surface area contributed by atoms with Gasteiger partial charge < -0.3 is 5.11 Å². The lowest BCUT2D eigenvalue weighted by Crippen LogP contribution is -2.03. The average molecular weight is 237 g/mol. The largest absolute Gasteiger partial charge is 0.481 e. The van der Waals surface area contributed by atoms with E-state index in [1.54, 1.807) is 10.9 Å². The second-order valence-electron chi connectivity index (χ2n) is 3.45. The first-order valence-corrected chi connectivity index (χ1v) is 5.64. The Balaban J connectivity index is 2.46. The molecule has 0 aliphatic heterocycles. The maximum atomic E-state index is 10.7. The summed E-state index contributed by atoms with van der Waals surface area (Å²) in [5, 5.41) is 15.7. The molecule has 84 valence electrons. The molecule has 0 amide bonds. The van der Waals surface area contributed by atoms with Crippen molar-refractivity contribution in [2.24, 2.45) is 0 Å². The molecule has 0 bridgehead atoms. The summed E-state index contributed by atoms with van der Waals surface area (Å²) < 4.78 is 1.69. The molecule has 0 spiro atoms. The fourth-order valence-electron chi connectivity index (χ4n) is 1.59. The van der Waals surface area contributed by atoms with Crippen molar-refractivity contribution >= 4 is 17.3 Å². The first kappa shape index (κ1) is 10.8. The van der Waals surface area contributed by atoms with Gasteiger partial charge >= 0.3 is 5.97 Å². The molecule has 2 aromatic heterocycles. The van der Waals surface area contributed by atoms with E-state index in [2.05, 4.69) is 10.1 Å². The molecule has 0 radical (unpaired) electrons. The normalized spacial score (nSPS) is 10.6. The number of aryl methyl sites for hydroxylation is 1. The van der Waals surface area contributed by atoms with Gasteiger partial charge in [0.15, 0.2) is 0 Å². The van der Waals surface area contributed by atoms with E-state index in [4.69, 9.17) is 5.11 Å². The number of carboxylic acid groups (broad SMARTS) is 1. The van der Waals surface area contributed by atoms with Crippen molar-refractivity contribution < 1.29 is 9.90 Å². The Hall–Kier alpha value is -1.69. The Morgan fingerprint density at radius 1 is 1.56 bits per heavy atom. The highest BCUT2D eigenvalue weighted by Crippen LogP contribution is 2.19. The topological polar surface area (TPSA) is 68.0 Å². The number of nitrogens with zero attached hydrogens (tertiary/aromatic N) is 3. The van der Waals surface area contributed by atoms with E-state index in [0.29, 0.717) is 0 Å². The van der Waals surface area contributed by atoms with E-state index in [1.165, 1.54) is 11.3 Å². The summed E-state index contributed by atoms with van der Waals surface area (Å²) in [6.45, 7) is 3.68. The quantitative estimate of drug-likeness (QED) is 0.879. The summed E-state index contributed by atoms with van der Waals surface area (Å²) in [6.07, 6.45) is 1.70. The molecule has 2 heterocycles. The van der Waals surface area contributed by atoms with E-state index in [-0.39, 0.29) is 6.42 Å². The third-order valence-corrected chi connectivity index (χ3v) is 3.12. The van der Waals surface area contributed by atoms with E-state index >= 15 is 0 Å². The van der Waals surface area contributed by atoms with Gasteiger partial charge in [0.25, 0.3) is 0 Å². The molecule has 0 aliphatic rings. The van der Waals surface area contributed by atoms with Crippen LogP contribution in [0.2, 0.25) is 0 Å². The predicted octanol–water partition coefficient (Wildman–Crippen LogP) is 1.57. The summed E-state index contributed by atoms with van der Waals surface area (Å²) in [4.78, 5) is 14.9. The predicted molar refractivity (Wildman–Crippen MR) is 60.0 cm³/mol. The molecule has 0 aromatic carbocycles. The molecule has 0 unspecified atom stereocenters. The highest BCUT2D eigenvalue weighted by atomic mass is 32.1. The smallest absolute Gasteiger partial charge is 0.307 e. The summed E-state index contributed by atoms with van der Waals surface area (Å²) >= 11 is 1.47. The monoisotopic (exact) mass is 237 g/mol. The first-order chi connectivity index (χ1) is 7.59. The van der Waals surface area contributed by atoms with Crippen molar-refractivity contribution in [2.45, 2.75) is 20.3 Å². The number of aromatic nitrogens is 3. The lowest BCUT2D eigenvalue weighted by atomic mass is 10.1. The number of carboxylic acids is 1. The highest BCUT2D eigenvalue weighted by Gasteiger charge is 2.16. The second kappa shape index (κ2) is 4.05. The Bertz CT molecular complexity index is 516. The van der Waals surface area contributed by atoms with Gasteiger partial charge in [0.1, 0.15) is 0 Å². The Kier molecular flexibility index (Phi) is 2.74. The van der Waals surface area contributed by atoms with Gasteiger partial charge in [-0.25, -0.2) is 9.67 Å². The maximum Gasteiger partial charge on any atom is 0.307 e. The van der Waals surface area contributed by atoms with Crippen LogP contribution in [0.4, 0.5) is 0 Å². The SMILES string of the molecule is Cc1nn(-c2nccs2)c(C)c1CC(=O)O. The Morgan fingerprint density at radius 3 is 2.88 bits per heavy atom. The zero-order chi connectivity index (χ0) is 11.7. The van der Waals surface area contributed by atoms with Gasteiger partial charge in [0.2, 0.25) is 5.13 Å². The molecular weight excluding hydrogens is 226 g/mol. The average Bonchev–Trinajstić information content (AvgIpc) is 2.80. The van der Waals surface area contributed by atoms with Gasteiger partial charge in [-0.1, -0.05) is 0 Å². The summed E-state index contributed by atoms with van der Waals surface area (Å²) in [7, 11) is 0. The molecule has 2 rings (SSSR count). The van der Waals surface area contributed by atoms with Gasteiger partial charge in [-0.2, -0.15) is 5.10 Å².